The molecule has 4 rings (SSSR count). The number of carbonyl (C=O) groups is 1. The number of nitrogens with zero attached hydrogens (tertiary/aromatic N) is 5. The van der Waals surface area contributed by atoms with Gasteiger partial charge in [-0.05, 0) is 65.6 Å². The number of benzene rings is 1. The molecule has 2 heterocycles. The van der Waals surface area contributed by atoms with E-state index in [9.17, 15) is 14.9 Å². The van der Waals surface area contributed by atoms with Crippen molar-refractivity contribution >= 4 is 17.6 Å². The first-order chi connectivity index (χ1) is 15.3. The molecule has 1 fully saturated rings. The van der Waals surface area contributed by atoms with Crippen molar-refractivity contribution in [3.63, 3.8) is 0 Å². The average molecular weight is 441 g/mol. The molecule has 1 aliphatic heterocycles. The third-order valence-electron chi connectivity index (χ3n) is 6.57. The number of non-ortho nitro benzene ring substituents is 1. The number of nitrogens with one attached hydrogen (secondary N) is 1. The lowest BCUT2D eigenvalue weighted by atomic mass is 9.75. The van der Waals surface area contributed by atoms with E-state index in [4.69, 9.17) is 4.74 Å². The van der Waals surface area contributed by atoms with Crippen LogP contribution in [0.5, 0.6) is 0 Å². The van der Waals surface area contributed by atoms with Gasteiger partial charge in [-0.1, -0.05) is 32.3 Å². The summed E-state index contributed by atoms with van der Waals surface area (Å²) in [6, 6.07) is 5.43. The highest BCUT2D eigenvalue weighted by molar-refractivity contribution is 5.92. The molecule has 0 radical (unpaired) electrons. The fourth-order valence-electron chi connectivity index (χ4n) is 4.81. The van der Waals surface area contributed by atoms with Gasteiger partial charge >= 0.3 is 5.97 Å². The van der Waals surface area contributed by atoms with Crippen LogP contribution in [0.1, 0.15) is 58.6 Å². The van der Waals surface area contributed by atoms with Gasteiger partial charge in [0.25, 0.3) is 5.69 Å². The summed E-state index contributed by atoms with van der Waals surface area (Å²) in [4.78, 5) is 24.2. The normalized spacial score (nSPS) is 25.3. The lowest BCUT2D eigenvalue weighted by Gasteiger charge is -2.37. The summed E-state index contributed by atoms with van der Waals surface area (Å²) in [5.74, 6) is 1.21. The zero-order chi connectivity index (χ0) is 23.0. The predicted octanol–water partition coefficient (Wildman–Crippen LogP) is 3.87. The van der Waals surface area contributed by atoms with Crippen molar-refractivity contribution in [2.24, 2.45) is 17.8 Å². The van der Waals surface area contributed by atoms with E-state index < -0.39 is 16.9 Å². The molecule has 0 unspecified atom stereocenters. The molecule has 0 saturated heterocycles. The summed E-state index contributed by atoms with van der Waals surface area (Å²) in [5.41, 5.74) is 1.64. The molecule has 2 aromatic rings. The van der Waals surface area contributed by atoms with Crippen molar-refractivity contribution in [2.75, 3.05) is 5.32 Å². The highest BCUT2D eigenvalue weighted by atomic mass is 16.6. The molecule has 1 saturated carbocycles. The summed E-state index contributed by atoms with van der Waals surface area (Å²) in [6.45, 7) is 8.32. The molecule has 2 aliphatic rings. The van der Waals surface area contributed by atoms with Crippen LogP contribution in [0.4, 0.5) is 11.6 Å². The number of ether oxygens (including phenoxy) is 1. The van der Waals surface area contributed by atoms with Crippen molar-refractivity contribution in [2.45, 2.75) is 59.1 Å². The van der Waals surface area contributed by atoms with Gasteiger partial charge in [0.05, 0.1) is 10.5 Å². The SMILES string of the molecule is CC1=C(C(=O)O[C@@H]2C[C@H](C)CC[C@H]2C(C)C)[C@@H](c2ccc([N+](=O)[O-])cc2)n2nnnc2N1. The van der Waals surface area contributed by atoms with Crippen molar-refractivity contribution in [1.82, 2.24) is 20.2 Å². The van der Waals surface area contributed by atoms with E-state index in [0.29, 0.717) is 40.5 Å². The molecule has 0 amide bonds. The summed E-state index contributed by atoms with van der Waals surface area (Å²) in [7, 11) is 0. The molecule has 1 aromatic carbocycles. The molecule has 0 spiro atoms. The number of aromatic nitrogens is 4. The summed E-state index contributed by atoms with van der Waals surface area (Å²) in [6.07, 6.45) is 2.86. The molecule has 4 atom stereocenters. The van der Waals surface area contributed by atoms with Crippen molar-refractivity contribution < 1.29 is 14.5 Å². The van der Waals surface area contributed by atoms with E-state index in [1.54, 1.807) is 19.1 Å². The number of allylic oxidation sites excluding steroid dienone is 1. The Morgan fingerprint density at radius 2 is 2.00 bits per heavy atom. The minimum Gasteiger partial charge on any atom is -0.459 e. The van der Waals surface area contributed by atoms with Crippen LogP contribution < -0.4 is 5.32 Å². The number of carbonyl (C=O) groups excluding carboxylic acids is 1. The first kappa shape index (κ1) is 21.9. The number of hydrogen-bond donors (Lipinski definition) is 1. The quantitative estimate of drug-likeness (QED) is 0.422. The van der Waals surface area contributed by atoms with E-state index in [1.807, 2.05) is 0 Å². The molecule has 0 bridgehead atoms. The number of rotatable bonds is 5. The molecule has 1 N–H and O–H groups in total. The minimum atomic E-state index is -0.645. The van der Waals surface area contributed by atoms with Gasteiger partial charge in [0.1, 0.15) is 12.1 Å². The third-order valence-corrected chi connectivity index (χ3v) is 6.57. The van der Waals surface area contributed by atoms with E-state index in [0.717, 1.165) is 19.3 Å². The number of hydrogen-bond acceptors (Lipinski definition) is 8. The van der Waals surface area contributed by atoms with Crippen molar-refractivity contribution in [3.8, 4) is 0 Å². The maximum Gasteiger partial charge on any atom is 0.338 e. The average Bonchev–Trinajstić information content (AvgIpc) is 3.20. The fourth-order valence-corrected chi connectivity index (χ4v) is 4.81. The minimum absolute atomic E-state index is 0.0274. The number of anilines is 1. The number of tetrazole rings is 1. The zero-order valence-corrected chi connectivity index (χ0v) is 18.7. The zero-order valence-electron chi connectivity index (χ0n) is 18.7. The van der Waals surface area contributed by atoms with Crippen LogP contribution in [-0.4, -0.2) is 37.2 Å². The predicted molar refractivity (Wildman–Crippen MR) is 117 cm³/mol. The maximum atomic E-state index is 13.5. The second-order valence-electron chi connectivity index (χ2n) is 9.13. The Balaban J connectivity index is 1.68. The lowest BCUT2D eigenvalue weighted by molar-refractivity contribution is -0.384. The third kappa shape index (κ3) is 4.09. The molecule has 1 aliphatic carbocycles. The van der Waals surface area contributed by atoms with Crippen LogP contribution in [-0.2, 0) is 9.53 Å². The summed E-state index contributed by atoms with van der Waals surface area (Å²) >= 11 is 0. The van der Waals surface area contributed by atoms with Crippen LogP contribution in [0.3, 0.4) is 0 Å². The highest BCUT2D eigenvalue weighted by Gasteiger charge is 2.39. The van der Waals surface area contributed by atoms with Gasteiger partial charge in [0, 0.05) is 17.8 Å². The first-order valence-corrected chi connectivity index (χ1v) is 11.0. The van der Waals surface area contributed by atoms with Crippen LogP contribution in [0.15, 0.2) is 35.5 Å². The van der Waals surface area contributed by atoms with Gasteiger partial charge in [-0.25, -0.2) is 4.79 Å². The van der Waals surface area contributed by atoms with Gasteiger partial charge in [-0.3, -0.25) is 10.1 Å². The first-order valence-electron chi connectivity index (χ1n) is 11.0. The Morgan fingerprint density at radius 3 is 2.66 bits per heavy atom. The van der Waals surface area contributed by atoms with E-state index in [2.05, 4.69) is 41.6 Å². The number of fused-ring (bicyclic) bond motifs is 1. The Hall–Kier alpha value is -3.30. The Labute approximate surface area is 186 Å². The van der Waals surface area contributed by atoms with Crippen molar-refractivity contribution in [1.29, 1.82) is 0 Å². The molecule has 170 valence electrons. The largest absolute Gasteiger partial charge is 0.459 e. The monoisotopic (exact) mass is 440 g/mol. The second kappa shape index (κ2) is 8.68. The van der Waals surface area contributed by atoms with Crippen molar-refractivity contribution in [3.05, 3.63) is 51.2 Å². The van der Waals surface area contributed by atoms with Crippen LogP contribution >= 0.6 is 0 Å². The second-order valence-corrected chi connectivity index (χ2v) is 9.13. The number of nitro benzene ring substituents is 1. The summed E-state index contributed by atoms with van der Waals surface area (Å²) in [5, 5.41) is 25.9. The smallest absolute Gasteiger partial charge is 0.338 e. The van der Waals surface area contributed by atoms with E-state index in [-0.39, 0.29) is 11.8 Å². The van der Waals surface area contributed by atoms with Gasteiger partial charge in [0.2, 0.25) is 5.95 Å². The van der Waals surface area contributed by atoms with Gasteiger partial charge < -0.3 is 10.1 Å². The van der Waals surface area contributed by atoms with Crippen LogP contribution in [0.25, 0.3) is 0 Å². The van der Waals surface area contributed by atoms with Gasteiger partial charge in [-0.2, -0.15) is 4.68 Å². The molecule has 10 nitrogen and oxygen atoms in total. The fraction of sp³-hybridized carbons (Fsp3) is 0.545. The number of esters is 1. The Morgan fingerprint density at radius 1 is 1.28 bits per heavy atom. The topological polar surface area (TPSA) is 125 Å². The van der Waals surface area contributed by atoms with Gasteiger partial charge in [0.15, 0.2) is 0 Å². The molecule has 10 heteroatoms. The van der Waals surface area contributed by atoms with E-state index >= 15 is 0 Å². The molecule has 1 aromatic heterocycles. The molecular formula is C22H28N6O4. The van der Waals surface area contributed by atoms with Crippen LogP contribution in [0, 0.1) is 27.9 Å². The standard InChI is InChI=1S/C22H28N6O4/c1-12(2)17-10-5-13(3)11-18(17)32-21(29)19-14(4)23-22-24-25-26-27(22)20(19)15-6-8-16(9-7-15)28(30)31/h6-9,12-13,17-18,20H,5,10-11H2,1-4H3,(H,23,24,26)/t13-,17+,18-,20-/m1/s1. The highest BCUT2D eigenvalue weighted by Crippen LogP contribution is 2.39. The molecule has 32 heavy (non-hydrogen) atoms. The van der Waals surface area contributed by atoms with Gasteiger partial charge in [-0.15, -0.1) is 0 Å². The summed E-state index contributed by atoms with van der Waals surface area (Å²) < 4.78 is 7.63. The Kier molecular flexibility index (Phi) is 5.94. The number of nitro groups is 1. The van der Waals surface area contributed by atoms with E-state index in [1.165, 1.54) is 16.8 Å². The lowest BCUT2D eigenvalue weighted by Crippen LogP contribution is -2.38. The molecular weight excluding hydrogens is 412 g/mol. The Bertz CT molecular complexity index is 1040. The maximum absolute atomic E-state index is 13.5. The van der Waals surface area contributed by atoms with Crippen LogP contribution in [0.2, 0.25) is 0 Å².